The molecule has 1 fully saturated rings. The van der Waals surface area contributed by atoms with Gasteiger partial charge in [0.1, 0.15) is 18.4 Å². The van der Waals surface area contributed by atoms with E-state index in [1.165, 1.54) is 18.5 Å². The number of nitrogens with zero attached hydrogens (tertiary/aromatic N) is 6. The molecule has 0 spiro atoms. The minimum atomic E-state index is -0.268. The molecule has 0 aliphatic carbocycles. The molecule has 0 N–H and O–H groups in total. The minimum absolute atomic E-state index is 0.258. The Hall–Kier alpha value is -3.39. The van der Waals surface area contributed by atoms with Crippen LogP contribution in [0.2, 0.25) is 0 Å². The summed E-state index contributed by atoms with van der Waals surface area (Å²) >= 11 is 0. The number of imidazole rings is 1. The molecule has 0 amide bonds. The van der Waals surface area contributed by atoms with Crippen LogP contribution in [-0.2, 0) is 6.54 Å². The zero-order chi connectivity index (χ0) is 19.6. The number of halogens is 1. The summed E-state index contributed by atoms with van der Waals surface area (Å²) in [6.07, 6.45) is 7.71. The van der Waals surface area contributed by atoms with Gasteiger partial charge in [-0.25, -0.2) is 19.3 Å². The number of hydrogen-bond acceptors (Lipinski definition) is 6. The van der Waals surface area contributed by atoms with Gasteiger partial charge in [0.15, 0.2) is 0 Å². The van der Waals surface area contributed by atoms with E-state index in [0.717, 1.165) is 54.4 Å². The van der Waals surface area contributed by atoms with Crippen molar-refractivity contribution in [2.75, 3.05) is 13.1 Å². The van der Waals surface area contributed by atoms with E-state index in [9.17, 15) is 4.39 Å². The van der Waals surface area contributed by atoms with Gasteiger partial charge in [-0.3, -0.25) is 4.90 Å². The van der Waals surface area contributed by atoms with Crippen LogP contribution in [0.25, 0.3) is 22.6 Å². The highest BCUT2D eigenvalue weighted by Crippen LogP contribution is 2.35. The zero-order valence-corrected chi connectivity index (χ0v) is 15.6. The summed E-state index contributed by atoms with van der Waals surface area (Å²) in [6, 6.07) is 10.4. The molecule has 0 saturated carbocycles. The summed E-state index contributed by atoms with van der Waals surface area (Å²) in [4.78, 5) is 15.5. The minimum Gasteiger partial charge on any atom is -0.364 e. The van der Waals surface area contributed by atoms with E-state index >= 15 is 0 Å². The van der Waals surface area contributed by atoms with Crippen molar-refractivity contribution in [3.05, 3.63) is 73.0 Å². The molecule has 5 rings (SSSR count). The molecule has 1 aromatic carbocycles. The molecule has 1 aliphatic rings. The van der Waals surface area contributed by atoms with E-state index in [4.69, 9.17) is 4.52 Å². The van der Waals surface area contributed by atoms with Crippen molar-refractivity contribution in [2.24, 2.45) is 0 Å². The highest BCUT2D eigenvalue weighted by atomic mass is 19.1. The quantitative estimate of drug-likeness (QED) is 0.519. The van der Waals surface area contributed by atoms with Gasteiger partial charge in [0.25, 0.3) is 0 Å². The standard InChI is InChI=1S/C21H19FN6O/c22-16-3-1-15(2-4-16)20-21(19-5-8-23-13-24-19)28(14-25-20)18-6-9-27(12-18)11-17-7-10-29-26-17/h1-5,7-8,10,13-14,18H,6,9,11-12H2. The molecule has 29 heavy (non-hydrogen) atoms. The first-order valence-corrected chi connectivity index (χ1v) is 9.48. The first kappa shape index (κ1) is 17.7. The van der Waals surface area contributed by atoms with Gasteiger partial charge in [-0.1, -0.05) is 5.16 Å². The largest absolute Gasteiger partial charge is 0.364 e. The molecule has 0 radical (unpaired) electrons. The molecule has 146 valence electrons. The molecule has 1 aliphatic heterocycles. The smallest absolute Gasteiger partial charge is 0.124 e. The highest BCUT2D eigenvalue weighted by Gasteiger charge is 2.28. The lowest BCUT2D eigenvalue weighted by Crippen LogP contribution is -2.21. The van der Waals surface area contributed by atoms with Crippen LogP contribution in [0.3, 0.4) is 0 Å². The first-order chi connectivity index (χ1) is 14.3. The fourth-order valence-corrected chi connectivity index (χ4v) is 3.87. The average Bonchev–Trinajstić information content (AvgIpc) is 3.50. The Kier molecular flexibility index (Phi) is 4.61. The summed E-state index contributed by atoms with van der Waals surface area (Å²) in [7, 11) is 0. The van der Waals surface area contributed by atoms with E-state index < -0.39 is 0 Å². The molecular formula is C21H19FN6O. The van der Waals surface area contributed by atoms with Crippen LogP contribution < -0.4 is 0 Å². The number of benzene rings is 1. The van der Waals surface area contributed by atoms with Gasteiger partial charge >= 0.3 is 0 Å². The van der Waals surface area contributed by atoms with Crippen molar-refractivity contribution in [1.29, 1.82) is 0 Å². The molecule has 4 heterocycles. The van der Waals surface area contributed by atoms with Crippen molar-refractivity contribution in [3.63, 3.8) is 0 Å². The normalized spacial score (nSPS) is 17.1. The predicted molar refractivity (Wildman–Crippen MR) is 104 cm³/mol. The molecule has 1 atom stereocenters. The summed E-state index contributed by atoms with van der Waals surface area (Å²) in [5.74, 6) is -0.268. The highest BCUT2D eigenvalue weighted by molar-refractivity contribution is 5.76. The Labute approximate surface area is 166 Å². The lowest BCUT2D eigenvalue weighted by molar-refractivity contribution is 0.302. The Bertz CT molecular complexity index is 1080. The Balaban J connectivity index is 1.49. The van der Waals surface area contributed by atoms with Gasteiger partial charge in [-0.15, -0.1) is 0 Å². The fourth-order valence-electron chi connectivity index (χ4n) is 3.87. The molecule has 0 bridgehead atoms. The molecule has 7 nitrogen and oxygen atoms in total. The van der Waals surface area contributed by atoms with E-state index in [1.807, 2.05) is 18.5 Å². The monoisotopic (exact) mass is 390 g/mol. The lowest BCUT2D eigenvalue weighted by Gasteiger charge is -2.18. The third kappa shape index (κ3) is 3.54. The zero-order valence-electron chi connectivity index (χ0n) is 15.6. The third-order valence-corrected chi connectivity index (χ3v) is 5.25. The summed E-state index contributed by atoms with van der Waals surface area (Å²) in [6.45, 7) is 2.60. The second-order valence-electron chi connectivity index (χ2n) is 7.12. The van der Waals surface area contributed by atoms with Crippen LogP contribution in [0.1, 0.15) is 18.2 Å². The van der Waals surface area contributed by atoms with Crippen molar-refractivity contribution >= 4 is 0 Å². The SMILES string of the molecule is Fc1ccc(-c2ncn(C3CCN(Cc4ccon4)C3)c2-c2ccncn2)cc1. The number of likely N-dealkylation sites (tertiary alicyclic amines) is 1. The fraction of sp³-hybridized carbons (Fsp3) is 0.238. The van der Waals surface area contributed by atoms with Gasteiger partial charge in [-0.05, 0) is 36.8 Å². The van der Waals surface area contributed by atoms with Gasteiger partial charge in [0.2, 0.25) is 0 Å². The molecule has 1 unspecified atom stereocenters. The summed E-state index contributed by atoms with van der Waals surface area (Å²) < 4.78 is 20.5. The van der Waals surface area contributed by atoms with Crippen LogP contribution in [0.5, 0.6) is 0 Å². The summed E-state index contributed by atoms with van der Waals surface area (Å²) in [5.41, 5.74) is 4.30. The Morgan fingerprint density at radius 2 is 2.00 bits per heavy atom. The predicted octanol–water partition coefficient (Wildman–Crippen LogP) is 3.58. The van der Waals surface area contributed by atoms with Crippen molar-refractivity contribution in [1.82, 2.24) is 29.6 Å². The summed E-state index contributed by atoms with van der Waals surface area (Å²) in [5, 5.41) is 4.01. The average molecular weight is 390 g/mol. The second kappa shape index (κ2) is 7.56. The van der Waals surface area contributed by atoms with Crippen LogP contribution in [0.15, 0.2) is 66.0 Å². The molecular weight excluding hydrogens is 371 g/mol. The van der Waals surface area contributed by atoms with Crippen molar-refractivity contribution < 1.29 is 8.91 Å². The van der Waals surface area contributed by atoms with E-state index in [1.54, 1.807) is 24.6 Å². The van der Waals surface area contributed by atoms with Crippen molar-refractivity contribution in [3.8, 4) is 22.6 Å². The second-order valence-corrected chi connectivity index (χ2v) is 7.12. The number of aromatic nitrogens is 5. The van der Waals surface area contributed by atoms with Crippen molar-refractivity contribution in [2.45, 2.75) is 19.0 Å². The van der Waals surface area contributed by atoms with Crippen LogP contribution >= 0.6 is 0 Å². The van der Waals surface area contributed by atoms with Crippen LogP contribution in [0.4, 0.5) is 4.39 Å². The molecule has 8 heteroatoms. The maximum absolute atomic E-state index is 13.4. The van der Waals surface area contributed by atoms with Gasteiger partial charge in [-0.2, -0.15) is 0 Å². The number of rotatable bonds is 5. The van der Waals surface area contributed by atoms with E-state index in [-0.39, 0.29) is 11.9 Å². The lowest BCUT2D eigenvalue weighted by atomic mass is 10.1. The Morgan fingerprint density at radius 3 is 2.76 bits per heavy atom. The van der Waals surface area contributed by atoms with Crippen LogP contribution in [-0.4, -0.2) is 42.7 Å². The van der Waals surface area contributed by atoms with Gasteiger partial charge in [0.05, 0.1) is 29.1 Å². The number of hydrogen-bond donors (Lipinski definition) is 0. The van der Waals surface area contributed by atoms with Gasteiger partial charge in [0, 0.05) is 43.5 Å². The molecule has 4 aromatic rings. The first-order valence-electron chi connectivity index (χ1n) is 9.48. The topological polar surface area (TPSA) is 72.9 Å². The van der Waals surface area contributed by atoms with Crippen LogP contribution in [0, 0.1) is 5.82 Å². The molecule has 1 saturated heterocycles. The van der Waals surface area contributed by atoms with Gasteiger partial charge < -0.3 is 9.09 Å². The van der Waals surface area contributed by atoms with E-state index in [2.05, 4.69) is 29.6 Å². The Morgan fingerprint density at radius 1 is 1.10 bits per heavy atom. The third-order valence-electron chi connectivity index (χ3n) is 5.25. The maximum atomic E-state index is 13.4. The molecule has 3 aromatic heterocycles. The van der Waals surface area contributed by atoms with E-state index in [0.29, 0.717) is 0 Å². The maximum Gasteiger partial charge on any atom is 0.124 e.